The minimum Gasteiger partial charge on any atom is -0.466 e. The molecule has 1 aromatic rings. The first-order valence-electron chi connectivity index (χ1n) is 11.1. The molecule has 0 aliphatic carbocycles. The fourth-order valence-electron chi connectivity index (χ4n) is 3.54. The Bertz CT molecular complexity index is 977. The molecule has 3 amide bonds. The summed E-state index contributed by atoms with van der Waals surface area (Å²) >= 11 is 0. The summed E-state index contributed by atoms with van der Waals surface area (Å²) in [6.07, 6.45) is -0.676. The fraction of sp³-hybridized carbons (Fsp3) is 0.500. The van der Waals surface area contributed by atoms with E-state index in [4.69, 9.17) is 9.47 Å². The first-order valence-corrected chi connectivity index (χ1v) is 11.1. The van der Waals surface area contributed by atoms with Crippen molar-refractivity contribution >= 4 is 41.0 Å². The number of nitrogens with one attached hydrogen (secondary N) is 2. The van der Waals surface area contributed by atoms with Gasteiger partial charge in [0.1, 0.15) is 18.2 Å². The SMILES string of the molecule is CCOC(=O)CC(=O)N(N=C1CCNCC1)c1ccc(N2C[C@H](CNC(C)=O)OC2=O)cc1F. The van der Waals surface area contributed by atoms with E-state index in [1.54, 1.807) is 6.92 Å². The highest BCUT2D eigenvalue weighted by atomic mass is 19.1. The van der Waals surface area contributed by atoms with Crippen LogP contribution in [0.15, 0.2) is 23.3 Å². The van der Waals surface area contributed by atoms with Crippen molar-refractivity contribution in [3.63, 3.8) is 0 Å². The Balaban J connectivity index is 1.82. The van der Waals surface area contributed by atoms with Crippen molar-refractivity contribution in [1.82, 2.24) is 10.6 Å². The topological polar surface area (TPSA) is 130 Å². The van der Waals surface area contributed by atoms with Crippen molar-refractivity contribution in [3.8, 4) is 0 Å². The third kappa shape index (κ3) is 6.50. The van der Waals surface area contributed by atoms with E-state index in [0.717, 1.165) is 11.1 Å². The summed E-state index contributed by atoms with van der Waals surface area (Å²) in [5.74, 6) is -2.52. The van der Waals surface area contributed by atoms with Crippen LogP contribution in [-0.4, -0.2) is 68.5 Å². The maximum atomic E-state index is 15.2. The van der Waals surface area contributed by atoms with Crippen molar-refractivity contribution in [1.29, 1.82) is 0 Å². The molecule has 34 heavy (non-hydrogen) atoms. The third-order valence-electron chi connectivity index (χ3n) is 5.18. The van der Waals surface area contributed by atoms with Crippen LogP contribution in [0.5, 0.6) is 0 Å². The number of rotatable bonds is 8. The van der Waals surface area contributed by atoms with Gasteiger partial charge in [-0.05, 0) is 25.1 Å². The quantitative estimate of drug-likeness (QED) is 0.328. The summed E-state index contributed by atoms with van der Waals surface area (Å²) in [5.41, 5.74) is 0.777. The number of nitrogens with zero attached hydrogens (tertiary/aromatic N) is 3. The van der Waals surface area contributed by atoms with Gasteiger partial charge in [0.25, 0.3) is 5.91 Å². The van der Waals surface area contributed by atoms with E-state index in [2.05, 4.69) is 15.7 Å². The Morgan fingerprint density at radius 3 is 2.71 bits per heavy atom. The highest BCUT2D eigenvalue weighted by molar-refractivity contribution is 6.05. The predicted octanol–water partition coefficient (Wildman–Crippen LogP) is 1.31. The lowest BCUT2D eigenvalue weighted by Crippen LogP contribution is -2.34. The molecule has 0 aromatic heterocycles. The zero-order valence-electron chi connectivity index (χ0n) is 19.1. The molecule has 2 N–H and O–H groups in total. The maximum absolute atomic E-state index is 15.2. The zero-order valence-corrected chi connectivity index (χ0v) is 19.1. The third-order valence-corrected chi connectivity index (χ3v) is 5.18. The number of halogens is 1. The molecule has 184 valence electrons. The van der Waals surface area contributed by atoms with E-state index >= 15 is 4.39 Å². The Labute approximate surface area is 196 Å². The number of benzene rings is 1. The molecule has 11 nitrogen and oxygen atoms in total. The summed E-state index contributed by atoms with van der Waals surface area (Å²) < 4.78 is 25.3. The highest BCUT2D eigenvalue weighted by Gasteiger charge is 2.33. The van der Waals surface area contributed by atoms with E-state index in [0.29, 0.717) is 31.6 Å². The molecule has 0 saturated carbocycles. The van der Waals surface area contributed by atoms with Gasteiger partial charge < -0.3 is 20.1 Å². The van der Waals surface area contributed by atoms with Gasteiger partial charge in [-0.15, -0.1) is 0 Å². The molecule has 0 bridgehead atoms. The van der Waals surface area contributed by atoms with Crippen LogP contribution in [0.4, 0.5) is 20.6 Å². The van der Waals surface area contributed by atoms with Gasteiger partial charge in [-0.2, -0.15) is 10.1 Å². The van der Waals surface area contributed by atoms with Crippen LogP contribution in [0.1, 0.15) is 33.1 Å². The number of esters is 1. The summed E-state index contributed by atoms with van der Waals surface area (Å²) in [5, 5.41) is 11.0. The van der Waals surface area contributed by atoms with Gasteiger partial charge in [-0.1, -0.05) is 0 Å². The van der Waals surface area contributed by atoms with Gasteiger partial charge in [0.05, 0.1) is 25.4 Å². The molecular weight excluding hydrogens is 449 g/mol. The van der Waals surface area contributed by atoms with Crippen molar-refractivity contribution in [2.75, 3.05) is 42.7 Å². The van der Waals surface area contributed by atoms with E-state index in [1.165, 1.54) is 24.0 Å². The molecule has 0 radical (unpaired) electrons. The molecule has 12 heteroatoms. The second-order valence-electron chi connectivity index (χ2n) is 7.79. The fourth-order valence-corrected chi connectivity index (χ4v) is 3.54. The predicted molar refractivity (Wildman–Crippen MR) is 121 cm³/mol. The minimum atomic E-state index is -0.800. The highest BCUT2D eigenvalue weighted by Crippen LogP contribution is 2.29. The lowest BCUT2D eigenvalue weighted by Gasteiger charge is -2.22. The first-order chi connectivity index (χ1) is 16.3. The largest absolute Gasteiger partial charge is 0.466 e. The number of carbonyl (C=O) groups is 4. The lowest BCUT2D eigenvalue weighted by atomic mass is 10.1. The normalized spacial score (nSPS) is 17.7. The molecule has 0 spiro atoms. The Morgan fingerprint density at radius 1 is 1.32 bits per heavy atom. The minimum absolute atomic E-state index is 0.115. The van der Waals surface area contributed by atoms with Crippen LogP contribution >= 0.6 is 0 Å². The Morgan fingerprint density at radius 2 is 2.06 bits per heavy atom. The molecule has 2 aliphatic heterocycles. The van der Waals surface area contributed by atoms with Crippen molar-refractivity contribution in [3.05, 3.63) is 24.0 Å². The number of hydrazone groups is 1. The van der Waals surface area contributed by atoms with E-state index in [9.17, 15) is 19.2 Å². The monoisotopic (exact) mass is 477 g/mol. The summed E-state index contributed by atoms with van der Waals surface area (Å²) in [6, 6.07) is 3.89. The number of amides is 3. The van der Waals surface area contributed by atoms with Gasteiger partial charge in [0, 0.05) is 38.6 Å². The van der Waals surface area contributed by atoms with Crippen LogP contribution in [0.3, 0.4) is 0 Å². The van der Waals surface area contributed by atoms with E-state index in [1.807, 2.05) is 0 Å². The number of hydrogen-bond acceptors (Lipinski definition) is 8. The second-order valence-corrected chi connectivity index (χ2v) is 7.79. The summed E-state index contributed by atoms with van der Waals surface area (Å²) in [6.45, 7) is 4.71. The van der Waals surface area contributed by atoms with Crippen LogP contribution in [0.2, 0.25) is 0 Å². The molecule has 1 aromatic carbocycles. The second kappa shape index (κ2) is 11.5. The van der Waals surface area contributed by atoms with Crippen LogP contribution in [-0.2, 0) is 23.9 Å². The van der Waals surface area contributed by atoms with Gasteiger partial charge in [-0.3, -0.25) is 19.3 Å². The Kier molecular flexibility index (Phi) is 8.52. The molecule has 1 atom stereocenters. The van der Waals surface area contributed by atoms with Gasteiger partial charge in [0.2, 0.25) is 5.91 Å². The molecule has 2 fully saturated rings. The van der Waals surface area contributed by atoms with Crippen molar-refractivity contribution in [2.45, 2.75) is 39.2 Å². The van der Waals surface area contributed by atoms with Crippen molar-refractivity contribution < 1.29 is 33.0 Å². The summed E-state index contributed by atoms with van der Waals surface area (Å²) in [7, 11) is 0. The molecular formula is C22H28FN5O6. The molecule has 3 rings (SSSR count). The average Bonchev–Trinajstić information content (AvgIpc) is 3.17. The maximum Gasteiger partial charge on any atom is 0.414 e. The van der Waals surface area contributed by atoms with Crippen LogP contribution in [0, 0.1) is 5.82 Å². The number of hydrogen-bond donors (Lipinski definition) is 2. The molecule has 2 aliphatic rings. The number of carbonyl (C=O) groups excluding carboxylic acids is 4. The first kappa shape index (κ1) is 25.1. The van der Waals surface area contributed by atoms with Crippen molar-refractivity contribution in [2.24, 2.45) is 5.10 Å². The van der Waals surface area contributed by atoms with Gasteiger partial charge in [-0.25, -0.2) is 9.18 Å². The number of anilines is 2. The van der Waals surface area contributed by atoms with E-state index < -0.39 is 36.3 Å². The molecule has 2 heterocycles. The van der Waals surface area contributed by atoms with Crippen LogP contribution in [0.25, 0.3) is 0 Å². The van der Waals surface area contributed by atoms with Crippen LogP contribution < -0.4 is 20.5 Å². The lowest BCUT2D eigenvalue weighted by molar-refractivity contribution is -0.145. The van der Waals surface area contributed by atoms with Gasteiger partial charge in [0.15, 0.2) is 5.82 Å². The average molecular weight is 477 g/mol. The number of piperidine rings is 1. The Hall–Kier alpha value is -3.54. The number of cyclic esters (lactones) is 1. The standard InChI is InChI=1S/C22H28FN5O6/c1-3-33-21(31)11-20(30)28(26-15-6-8-24-9-7-15)19-5-4-16(10-18(19)23)27-13-17(34-22(27)32)12-25-14(2)29/h4-5,10,17,24H,3,6-9,11-13H2,1-2H3,(H,25,29)/t17-/m0/s1. The van der Waals surface area contributed by atoms with E-state index in [-0.39, 0.29) is 37.0 Å². The number of ether oxygens (including phenoxy) is 2. The zero-order chi connectivity index (χ0) is 24.7. The van der Waals surface area contributed by atoms with Gasteiger partial charge >= 0.3 is 12.1 Å². The molecule has 2 saturated heterocycles. The molecule has 0 unspecified atom stereocenters. The smallest absolute Gasteiger partial charge is 0.414 e. The summed E-state index contributed by atoms with van der Waals surface area (Å²) in [4.78, 5) is 49.3.